The second kappa shape index (κ2) is 6.17. The van der Waals surface area contributed by atoms with Crippen molar-refractivity contribution in [1.82, 2.24) is 4.90 Å². The van der Waals surface area contributed by atoms with Crippen LogP contribution < -0.4 is 0 Å². The summed E-state index contributed by atoms with van der Waals surface area (Å²) in [6, 6.07) is 17.3. The van der Waals surface area contributed by atoms with Gasteiger partial charge in [0.05, 0.1) is 0 Å². The van der Waals surface area contributed by atoms with Crippen LogP contribution in [-0.2, 0) is 12.1 Å². The van der Waals surface area contributed by atoms with Crippen molar-refractivity contribution in [1.29, 1.82) is 0 Å². The van der Waals surface area contributed by atoms with Crippen molar-refractivity contribution in [2.45, 2.75) is 32.4 Å². The molecule has 0 saturated carbocycles. The van der Waals surface area contributed by atoms with Gasteiger partial charge in [-0.05, 0) is 24.0 Å². The first-order valence-electron chi connectivity index (χ1n) is 8.20. The van der Waals surface area contributed by atoms with E-state index >= 15 is 0 Å². The Hall–Kier alpha value is -2.13. The van der Waals surface area contributed by atoms with Gasteiger partial charge in [0, 0.05) is 24.1 Å². The zero-order valence-electron chi connectivity index (χ0n) is 13.7. The van der Waals surface area contributed by atoms with E-state index in [9.17, 15) is 9.90 Å². The highest BCUT2D eigenvalue weighted by molar-refractivity contribution is 5.99. The Morgan fingerprint density at radius 3 is 2.39 bits per heavy atom. The SMILES string of the molecule is CC(C)CCN1C(=O)c2ccccc2[C@@]1(O)Cc1ccccc1. The van der Waals surface area contributed by atoms with Crippen molar-refractivity contribution in [3.05, 3.63) is 71.3 Å². The number of amides is 1. The van der Waals surface area contributed by atoms with Crippen LogP contribution in [0.3, 0.4) is 0 Å². The number of fused-ring (bicyclic) bond motifs is 1. The van der Waals surface area contributed by atoms with E-state index in [1.54, 1.807) is 4.90 Å². The van der Waals surface area contributed by atoms with E-state index in [4.69, 9.17) is 0 Å². The molecule has 0 saturated heterocycles. The number of benzene rings is 2. The second-order valence-electron chi connectivity index (χ2n) is 6.66. The van der Waals surface area contributed by atoms with Crippen molar-refractivity contribution >= 4 is 5.91 Å². The van der Waals surface area contributed by atoms with Gasteiger partial charge in [-0.3, -0.25) is 4.79 Å². The quantitative estimate of drug-likeness (QED) is 0.917. The molecule has 23 heavy (non-hydrogen) atoms. The summed E-state index contributed by atoms with van der Waals surface area (Å²) in [5.74, 6) is 0.409. The van der Waals surface area contributed by atoms with E-state index in [-0.39, 0.29) is 5.91 Å². The van der Waals surface area contributed by atoms with Crippen molar-refractivity contribution < 1.29 is 9.90 Å². The molecular weight excluding hydrogens is 286 g/mol. The summed E-state index contributed by atoms with van der Waals surface area (Å²) >= 11 is 0. The summed E-state index contributed by atoms with van der Waals surface area (Å²) in [6.45, 7) is 4.82. The van der Waals surface area contributed by atoms with E-state index in [1.165, 1.54) is 0 Å². The Bertz CT molecular complexity index is 696. The summed E-state index contributed by atoms with van der Waals surface area (Å²) in [6.07, 6.45) is 1.28. The minimum atomic E-state index is -1.26. The zero-order valence-corrected chi connectivity index (χ0v) is 13.7. The standard InChI is InChI=1S/C20H23NO2/c1-15(2)12-13-21-19(22)17-10-6-7-11-18(17)20(21,23)14-16-8-4-3-5-9-16/h3-11,15,23H,12-14H2,1-2H3/t20-/m0/s1. The monoisotopic (exact) mass is 309 g/mol. The maximum atomic E-state index is 12.8. The third-order valence-corrected chi connectivity index (χ3v) is 4.50. The first kappa shape index (κ1) is 15.8. The molecule has 0 fully saturated rings. The molecule has 1 aliphatic rings. The number of nitrogens with zero attached hydrogens (tertiary/aromatic N) is 1. The normalized spacial score (nSPS) is 20.2. The van der Waals surface area contributed by atoms with Gasteiger partial charge in [0.25, 0.3) is 5.91 Å². The minimum absolute atomic E-state index is 0.0697. The van der Waals surface area contributed by atoms with E-state index in [0.717, 1.165) is 17.5 Å². The predicted octanol–water partition coefficient (Wildman–Crippen LogP) is 3.58. The highest BCUT2D eigenvalue weighted by atomic mass is 16.3. The molecule has 1 aliphatic heterocycles. The lowest BCUT2D eigenvalue weighted by Crippen LogP contribution is -2.46. The van der Waals surface area contributed by atoms with Gasteiger partial charge in [-0.15, -0.1) is 0 Å². The fourth-order valence-corrected chi connectivity index (χ4v) is 3.22. The Kier molecular flexibility index (Phi) is 4.22. The van der Waals surface area contributed by atoms with E-state index in [1.807, 2.05) is 54.6 Å². The molecule has 1 heterocycles. The molecule has 120 valence electrons. The topological polar surface area (TPSA) is 40.5 Å². The van der Waals surface area contributed by atoms with Crippen molar-refractivity contribution in [2.24, 2.45) is 5.92 Å². The number of aliphatic hydroxyl groups is 1. The first-order valence-corrected chi connectivity index (χ1v) is 8.20. The Morgan fingerprint density at radius 2 is 1.70 bits per heavy atom. The summed E-state index contributed by atoms with van der Waals surface area (Å²) in [5.41, 5.74) is 1.10. The third kappa shape index (κ3) is 2.89. The predicted molar refractivity (Wildman–Crippen MR) is 91.0 cm³/mol. The molecule has 0 unspecified atom stereocenters. The Labute approximate surface area is 137 Å². The molecule has 1 atom stereocenters. The van der Waals surface area contributed by atoms with Crippen LogP contribution in [0.2, 0.25) is 0 Å². The summed E-state index contributed by atoms with van der Waals surface area (Å²) in [5, 5.41) is 11.4. The zero-order chi connectivity index (χ0) is 16.4. The molecule has 0 bridgehead atoms. The smallest absolute Gasteiger partial charge is 0.256 e. The molecule has 1 N–H and O–H groups in total. The van der Waals surface area contributed by atoms with E-state index in [0.29, 0.717) is 24.4 Å². The molecule has 3 nitrogen and oxygen atoms in total. The lowest BCUT2D eigenvalue weighted by molar-refractivity contribution is -0.0848. The van der Waals surface area contributed by atoms with Crippen LogP contribution in [0.5, 0.6) is 0 Å². The molecule has 0 radical (unpaired) electrons. The van der Waals surface area contributed by atoms with Gasteiger partial charge < -0.3 is 10.0 Å². The molecule has 0 aromatic heterocycles. The van der Waals surface area contributed by atoms with Gasteiger partial charge in [0.2, 0.25) is 0 Å². The van der Waals surface area contributed by atoms with Crippen molar-refractivity contribution in [2.75, 3.05) is 6.54 Å². The fourth-order valence-electron chi connectivity index (χ4n) is 3.22. The Balaban J connectivity index is 1.99. The molecule has 2 aromatic carbocycles. The van der Waals surface area contributed by atoms with Crippen LogP contribution in [0.15, 0.2) is 54.6 Å². The summed E-state index contributed by atoms with van der Waals surface area (Å²) < 4.78 is 0. The third-order valence-electron chi connectivity index (χ3n) is 4.50. The van der Waals surface area contributed by atoms with Crippen LogP contribution in [0.4, 0.5) is 0 Å². The summed E-state index contributed by atoms with van der Waals surface area (Å²) in [7, 11) is 0. The average Bonchev–Trinajstić information content (AvgIpc) is 2.75. The number of hydrogen-bond donors (Lipinski definition) is 1. The lowest BCUT2D eigenvalue weighted by atomic mass is 9.94. The molecule has 0 spiro atoms. The van der Waals surface area contributed by atoms with Gasteiger partial charge in [0.15, 0.2) is 5.72 Å². The van der Waals surface area contributed by atoms with Crippen LogP contribution in [0, 0.1) is 5.92 Å². The molecule has 2 aromatic rings. The average molecular weight is 309 g/mol. The van der Waals surface area contributed by atoms with Crippen LogP contribution in [0.25, 0.3) is 0 Å². The highest BCUT2D eigenvalue weighted by Crippen LogP contribution is 2.39. The lowest BCUT2D eigenvalue weighted by Gasteiger charge is -2.35. The van der Waals surface area contributed by atoms with E-state index in [2.05, 4.69) is 13.8 Å². The highest BCUT2D eigenvalue weighted by Gasteiger charge is 2.47. The molecular formula is C20H23NO2. The number of carbonyl (C=O) groups excluding carboxylic acids is 1. The van der Waals surface area contributed by atoms with Crippen LogP contribution >= 0.6 is 0 Å². The number of carbonyl (C=O) groups is 1. The van der Waals surface area contributed by atoms with Crippen molar-refractivity contribution in [3.63, 3.8) is 0 Å². The van der Waals surface area contributed by atoms with Gasteiger partial charge in [-0.1, -0.05) is 62.4 Å². The molecule has 3 rings (SSSR count). The maximum absolute atomic E-state index is 12.8. The van der Waals surface area contributed by atoms with Gasteiger partial charge in [0.1, 0.15) is 0 Å². The molecule has 0 aliphatic carbocycles. The van der Waals surface area contributed by atoms with Crippen LogP contribution in [-0.4, -0.2) is 22.5 Å². The fraction of sp³-hybridized carbons (Fsp3) is 0.350. The van der Waals surface area contributed by atoms with Gasteiger partial charge >= 0.3 is 0 Å². The van der Waals surface area contributed by atoms with Crippen LogP contribution in [0.1, 0.15) is 41.8 Å². The molecule has 1 amide bonds. The minimum Gasteiger partial charge on any atom is -0.366 e. The van der Waals surface area contributed by atoms with Crippen molar-refractivity contribution in [3.8, 4) is 0 Å². The number of rotatable bonds is 5. The molecule has 3 heteroatoms. The van der Waals surface area contributed by atoms with Gasteiger partial charge in [-0.2, -0.15) is 0 Å². The first-order chi connectivity index (χ1) is 11.0. The largest absolute Gasteiger partial charge is 0.366 e. The number of hydrogen-bond acceptors (Lipinski definition) is 2. The second-order valence-corrected chi connectivity index (χ2v) is 6.66. The maximum Gasteiger partial charge on any atom is 0.256 e. The summed E-state index contributed by atoms with van der Waals surface area (Å²) in [4.78, 5) is 14.4. The van der Waals surface area contributed by atoms with E-state index < -0.39 is 5.72 Å². The Morgan fingerprint density at radius 1 is 1.04 bits per heavy atom. The van der Waals surface area contributed by atoms with Gasteiger partial charge in [-0.25, -0.2) is 0 Å².